The predicted molar refractivity (Wildman–Crippen MR) is 85.6 cm³/mol. The smallest absolute Gasteiger partial charge is 0.223 e. The van der Waals surface area contributed by atoms with Crippen LogP contribution in [0.25, 0.3) is 5.69 Å². The molecule has 23 heavy (non-hydrogen) atoms. The van der Waals surface area contributed by atoms with E-state index in [0.29, 0.717) is 18.2 Å². The molecule has 1 atom stereocenters. The highest BCUT2D eigenvalue weighted by Crippen LogP contribution is 2.18. The van der Waals surface area contributed by atoms with Crippen LogP contribution in [-0.2, 0) is 11.3 Å². The standard InChI is InChI=1S/C17H21FN4O/c1-11(14-9-19-10-14)17(23)21-8-13-3-4-16(15(18)7-13)22-6-5-20-12(22)2/h3-7,11,14,19H,8-10H2,1-2H3,(H,21,23). The molecule has 1 aliphatic rings. The Morgan fingerprint density at radius 2 is 2.30 bits per heavy atom. The second kappa shape index (κ2) is 6.50. The van der Waals surface area contributed by atoms with Crippen molar-refractivity contribution in [3.05, 3.63) is 47.8 Å². The second-order valence-corrected chi connectivity index (χ2v) is 6.06. The molecule has 2 heterocycles. The summed E-state index contributed by atoms with van der Waals surface area (Å²) in [5, 5.41) is 6.05. The maximum Gasteiger partial charge on any atom is 0.223 e. The van der Waals surface area contributed by atoms with Gasteiger partial charge in [0, 0.05) is 24.9 Å². The molecule has 122 valence electrons. The molecule has 0 spiro atoms. The summed E-state index contributed by atoms with van der Waals surface area (Å²) < 4.78 is 16.0. The maximum atomic E-state index is 14.3. The van der Waals surface area contributed by atoms with Gasteiger partial charge in [-0.2, -0.15) is 0 Å². The minimum Gasteiger partial charge on any atom is -0.352 e. The first-order chi connectivity index (χ1) is 11.1. The Morgan fingerprint density at radius 1 is 1.52 bits per heavy atom. The summed E-state index contributed by atoms with van der Waals surface area (Å²) in [5.41, 5.74) is 1.21. The number of carbonyl (C=O) groups is 1. The molecular weight excluding hydrogens is 295 g/mol. The van der Waals surface area contributed by atoms with Gasteiger partial charge < -0.3 is 15.2 Å². The van der Waals surface area contributed by atoms with Gasteiger partial charge in [0.05, 0.1) is 5.69 Å². The molecule has 5 nitrogen and oxygen atoms in total. The largest absolute Gasteiger partial charge is 0.352 e. The quantitative estimate of drug-likeness (QED) is 0.884. The first-order valence-electron chi connectivity index (χ1n) is 7.83. The third-order valence-electron chi connectivity index (χ3n) is 4.50. The third-order valence-corrected chi connectivity index (χ3v) is 4.50. The number of nitrogens with one attached hydrogen (secondary N) is 2. The van der Waals surface area contributed by atoms with Gasteiger partial charge in [-0.3, -0.25) is 4.79 Å². The lowest BCUT2D eigenvalue weighted by atomic mass is 9.88. The Morgan fingerprint density at radius 3 is 2.87 bits per heavy atom. The Bertz CT molecular complexity index is 708. The lowest BCUT2D eigenvalue weighted by molar-refractivity contribution is -0.126. The first kappa shape index (κ1) is 15.7. The summed E-state index contributed by atoms with van der Waals surface area (Å²) in [6.45, 7) is 5.88. The van der Waals surface area contributed by atoms with Crippen molar-refractivity contribution in [1.82, 2.24) is 20.2 Å². The number of hydrogen-bond acceptors (Lipinski definition) is 3. The maximum absolute atomic E-state index is 14.3. The number of rotatable bonds is 5. The van der Waals surface area contributed by atoms with Crippen LogP contribution < -0.4 is 10.6 Å². The van der Waals surface area contributed by atoms with Crippen molar-refractivity contribution in [1.29, 1.82) is 0 Å². The highest BCUT2D eigenvalue weighted by Gasteiger charge is 2.28. The highest BCUT2D eigenvalue weighted by molar-refractivity contribution is 5.78. The van der Waals surface area contributed by atoms with E-state index in [1.54, 1.807) is 23.0 Å². The summed E-state index contributed by atoms with van der Waals surface area (Å²) >= 11 is 0. The zero-order chi connectivity index (χ0) is 16.4. The van der Waals surface area contributed by atoms with Crippen LogP contribution in [0.1, 0.15) is 18.3 Å². The molecule has 2 aromatic rings. The summed E-state index contributed by atoms with van der Waals surface area (Å²) in [4.78, 5) is 16.2. The van der Waals surface area contributed by atoms with Gasteiger partial charge in [0.1, 0.15) is 11.6 Å². The van der Waals surface area contributed by atoms with Gasteiger partial charge in [0.2, 0.25) is 5.91 Å². The monoisotopic (exact) mass is 316 g/mol. The number of benzene rings is 1. The van der Waals surface area contributed by atoms with Crippen LogP contribution in [0, 0.1) is 24.6 Å². The predicted octanol–water partition coefficient (Wildman–Crippen LogP) is 1.79. The van der Waals surface area contributed by atoms with Crippen molar-refractivity contribution in [2.45, 2.75) is 20.4 Å². The van der Waals surface area contributed by atoms with Crippen LogP contribution >= 0.6 is 0 Å². The lowest BCUT2D eigenvalue weighted by Gasteiger charge is -2.31. The van der Waals surface area contributed by atoms with Crippen LogP contribution in [0.3, 0.4) is 0 Å². The number of aryl methyl sites for hydroxylation is 1. The molecule has 1 aromatic heterocycles. The fraction of sp³-hybridized carbons (Fsp3) is 0.412. The molecule has 1 amide bonds. The zero-order valence-corrected chi connectivity index (χ0v) is 13.3. The lowest BCUT2D eigenvalue weighted by Crippen LogP contribution is -2.49. The SMILES string of the molecule is Cc1nccn1-c1ccc(CNC(=O)C(C)C2CNC2)cc1F. The Kier molecular flexibility index (Phi) is 4.43. The van der Waals surface area contributed by atoms with E-state index in [-0.39, 0.29) is 17.6 Å². The molecule has 3 rings (SSSR count). The van der Waals surface area contributed by atoms with E-state index in [1.807, 2.05) is 19.9 Å². The van der Waals surface area contributed by atoms with Gasteiger partial charge in [0.25, 0.3) is 0 Å². The van der Waals surface area contributed by atoms with Crippen LogP contribution in [0.4, 0.5) is 4.39 Å². The van der Waals surface area contributed by atoms with E-state index in [4.69, 9.17) is 0 Å². The van der Waals surface area contributed by atoms with Gasteiger partial charge >= 0.3 is 0 Å². The number of nitrogens with zero attached hydrogens (tertiary/aromatic N) is 2. The number of aromatic nitrogens is 2. The second-order valence-electron chi connectivity index (χ2n) is 6.06. The molecule has 1 aliphatic heterocycles. The Hall–Kier alpha value is -2.21. The normalized spacial score (nSPS) is 16.0. The minimum absolute atomic E-state index is 0.0195. The molecule has 0 aliphatic carbocycles. The number of hydrogen-bond donors (Lipinski definition) is 2. The first-order valence-corrected chi connectivity index (χ1v) is 7.83. The molecule has 2 N–H and O–H groups in total. The molecule has 0 saturated carbocycles. The summed E-state index contributed by atoms with van der Waals surface area (Å²) in [6.07, 6.45) is 3.36. The van der Waals surface area contributed by atoms with Gasteiger partial charge in [-0.25, -0.2) is 9.37 Å². The van der Waals surface area contributed by atoms with E-state index in [0.717, 1.165) is 24.5 Å². The zero-order valence-electron chi connectivity index (χ0n) is 13.3. The van der Waals surface area contributed by atoms with Crippen molar-refractivity contribution in [3.8, 4) is 5.69 Å². The number of amides is 1. The third kappa shape index (κ3) is 3.27. The van der Waals surface area contributed by atoms with Crippen molar-refractivity contribution in [3.63, 3.8) is 0 Å². The topological polar surface area (TPSA) is 59.0 Å². The molecule has 1 saturated heterocycles. The van der Waals surface area contributed by atoms with Crippen molar-refractivity contribution < 1.29 is 9.18 Å². The highest BCUT2D eigenvalue weighted by atomic mass is 19.1. The van der Waals surface area contributed by atoms with E-state index < -0.39 is 0 Å². The fourth-order valence-electron chi connectivity index (χ4n) is 2.72. The molecule has 0 bridgehead atoms. The van der Waals surface area contributed by atoms with Gasteiger partial charge in [0.15, 0.2) is 0 Å². The van der Waals surface area contributed by atoms with Gasteiger partial charge in [-0.05, 0) is 43.6 Å². The minimum atomic E-state index is -0.325. The van der Waals surface area contributed by atoms with E-state index in [9.17, 15) is 9.18 Å². The number of carbonyl (C=O) groups excluding carboxylic acids is 1. The van der Waals surface area contributed by atoms with E-state index >= 15 is 0 Å². The van der Waals surface area contributed by atoms with E-state index in [1.165, 1.54) is 6.07 Å². The molecule has 0 radical (unpaired) electrons. The van der Waals surface area contributed by atoms with Crippen LogP contribution in [0.2, 0.25) is 0 Å². The Balaban J connectivity index is 1.64. The van der Waals surface area contributed by atoms with Gasteiger partial charge in [-0.15, -0.1) is 0 Å². The van der Waals surface area contributed by atoms with Crippen LogP contribution in [0.15, 0.2) is 30.6 Å². The van der Waals surface area contributed by atoms with Crippen LogP contribution in [0.5, 0.6) is 0 Å². The molecule has 1 aromatic carbocycles. The number of imidazole rings is 1. The van der Waals surface area contributed by atoms with Crippen LogP contribution in [-0.4, -0.2) is 28.5 Å². The fourth-order valence-corrected chi connectivity index (χ4v) is 2.72. The van der Waals surface area contributed by atoms with E-state index in [2.05, 4.69) is 15.6 Å². The Labute approximate surface area is 134 Å². The summed E-state index contributed by atoms with van der Waals surface area (Å²) in [5.74, 6) is 0.806. The van der Waals surface area contributed by atoms with Crippen molar-refractivity contribution in [2.24, 2.45) is 11.8 Å². The number of halogens is 1. The summed E-state index contributed by atoms with van der Waals surface area (Å²) in [6, 6.07) is 5.00. The summed E-state index contributed by atoms with van der Waals surface area (Å²) in [7, 11) is 0. The molecular formula is C17H21FN4O. The van der Waals surface area contributed by atoms with Crippen molar-refractivity contribution in [2.75, 3.05) is 13.1 Å². The molecule has 1 fully saturated rings. The average molecular weight is 316 g/mol. The van der Waals surface area contributed by atoms with Gasteiger partial charge in [-0.1, -0.05) is 13.0 Å². The molecule has 6 heteroatoms. The van der Waals surface area contributed by atoms with Crippen molar-refractivity contribution >= 4 is 5.91 Å². The average Bonchev–Trinajstić information content (AvgIpc) is 2.89. The molecule has 1 unspecified atom stereocenters.